The number of rotatable bonds is 0. The molecule has 1 rings (SSSR count). The van der Waals surface area contributed by atoms with E-state index >= 15 is 0 Å². The lowest BCUT2D eigenvalue weighted by Gasteiger charge is -2.27. The minimum absolute atomic E-state index is 0.128. The molecule has 0 aliphatic heterocycles. The Kier molecular flexibility index (Phi) is 2.05. The van der Waals surface area contributed by atoms with Gasteiger partial charge in [-0.1, -0.05) is 19.8 Å². The van der Waals surface area contributed by atoms with Crippen LogP contribution in [-0.2, 0) is 0 Å². The molecule has 11 heavy (non-hydrogen) atoms. The molecule has 0 saturated heterocycles. The first-order valence-electron chi connectivity index (χ1n) is 4.38. The normalized spacial score (nSPS) is 41.8. The fourth-order valence-electron chi connectivity index (χ4n) is 1.44. The molecule has 0 N–H and O–H groups in total. The Hall–Kier alpha value is -0.210. The Morgan fingerprint density at radius 1 is 1.18 bits per heavy atom. The largest absolute Gasteiger partial charge is 0.391 e. The summed E-state index contributed by atoms with van der Waals surface area (Å²) in [6.07, 6.45) is -3.04. The molecule has 1 aliphatic rings. The zero-order valence-electron chi connectivity index (χ0n) is 7.54. The zero-order chi connectivity index (χ0) is 9.41. The van der Waals surface area contributed by atoms with E-state index in [4.69, 9.17) is 1.37 Å². The van der Waals surface area contributed by atoms with Gasteiger partial charge in [0.15, 0.2) is 0 Å². The SMILES string of the molecule is [2H]C1(C)CCC(C(F)(F)F)CC1. The average molecular weight is 167 g/mol. The molecule has 1 fully saturated rings. The third-order valence-corrected chi connectivity index (χ3v) is 2.30. The summed E-state index contributed by atoms with van der Waals surface area (Å²) < 4.78 is 43.9. The lowest BCUT2D eigenvalue weighted by molar-refractivity contribution is -0.183. The molecule has 0 aromatic rings. The van der Waals surface area contributed by atoms with Gasteiger partial charge in [0.2, 0.25) is 0 Å². The van der Waals surface area contributed by atoms with Gasteiger partial charge in [0, 0.05) is 1.37 Å². The van der Waals surface area contributed by atoms with Crippen molar-refractivity contribution in [1.82, 2.24) is 0 Å². The topological polar surface area (TPSA) is 0 Å². The molecule has 66 valence electrons. The summed E-state index contributed by atoms with van der Waals surface area (Å²) in [4.78, 5) is 0. The smallest absolute Gasteiger partial charge is 0.171 e. The summed E-state index contributed by atoms with van der Waals surface area (Å²) in [6, 6.07) is 0. The van der Waals surface area contributed by atoms with E-state index in [1.807, 2.05) is 0 Å². The predicted molar refractivity (Wildman–Crippen MR) is 37.2 cm³/mol. The first-order chi connectivity index (χ1) is 5.31. The summed E-state index contributed by atoms with van der Waals surface area (Å²) in [5, 5.41) is 0. The molecule has 0 heterocycles. The third kappa shape index (κ3) is 2.38. The lowest BCUT2D eigenvalue weighted by Crippen LogP contribution is -2.26. The van der Waals surface area contributed by atoms with Crippen LogP contribution in [0.1, 0.15) is 34.0 Å². The van der Waals surface area contributed by atoms with Crippen LogP contribution in [0.15, 0.2) is 0 Å². The molecule has 0 unspecified atom stereocenters. The number of alkyl halides is 3. The first kappa shape index (κ1) is 7.44. The lowest BCUT2D eigenvalue weighted by atomic mass is 9.83. The maximum atomic E-state index is 12.1. The van der Waals surface area contributed by atoms with Gasteiger partial charge in [0.1, 0.15) is 0 Å². The second-order valence-electron chi connectivity index (χ2n) is 3.27. The van der Waals surface area contributed by atoms with E-state index in [0.717, 1.165) is 0 Å². The van der Waals surface area contributed by atoms with Crippen molar-refractivity contribution in [3.05, 3.63) is 0 Å². The average Bonchev–Trinajstić information content (AvgIpc) is 1.83. The van der Waals surface area contributed by atoms with Crippen LogP contribution in [0.5, 0.6) is 0 Å². The molecule has 3 heteroatoms. The van der Waals surface area contributed by atoms with E-state index < -0.39 is 18.0 Å². The highest BCUT2D eigenvalue weighted by Gasteiger charge is 2.40. The second kappa shape index (κ2) is 3.03. The minimum atomic E-state index is -4.05. The Balaban J connectivity index is 2.47. The van der Waals surface area contributed by atoms with Crippen LogP contribution in [0.25, 0.3) is 0 Å². The molecule has 0 aromatic heterocycles. The zero-order valence-corrected chi connectivity index (χ0v) is 6.54. The Labute approximate surface area is 66.2 Å². The second-order valence-corrected chi connectivity index (χ2v) is 3.27. The van der Waals surface area contributed by atoms with Crippen molar-refractivity contribution in [2.45, 2.75) is 38.8 Å². The van der Waals surface area contributed by atoms with Crippen molar-refractivity contribution in [2.24, 2.45) is 11.8 Å². The molecule has 1 saturated carbocycles. The van der Waals surface area contributed by atoms with E-state index in [0.29, 0.717) is 12.8 Å². The summed E-state index contributed by atoms with van der Waals surface area (Å²) in [7, 11) is 0. The van der Waals surface area contributed by atoms with E-state index in [2.05, 4.69) is 0 Å². The summed E-state index contributed by atoms with van der Waals surface area (Å²) in [5.74, 6) is -1.78. The van der Waals surface area contributed by atoms with Crippen LogP contribution >= 0.6 is 0 Å². The van der Waals surface area contributed by atoms with Gasteiger partial charge in [-0.05, 0) is 18.7 Å². The molecule has 0 aromatic carbocycles. The molecule has 0 nitrogen and oxygen atoms in total. The molecular formula is C8H13F3. The van der Waals surface area contributed by atoms with E-state index in [1.54, 1.807) is 6.92 Å². The highest BCUT2D eigenvalue weighted by Crippen LogP contribution is 2.39. The van der Waals surface area contributed by atoms with Gasteiger partial charge >= 0.3 is 6.18 Å². The Morgan fingerprint density at radius 2 is 1.64 bits per heavy atom. The molecule has 1 aliphatic carbocycles. The molecule has 0 spiro atoms. The number of halogens is 3. The van der Waals surface area contributed by atoms with Gasteiger partial charge in [-0.3, -0.25) is 0 Å². The van der Waals surface area contributed by atoms with E-state index in [1.165, 1.54) is 0 Å². The first-order valence-corrected chi connectivity index (χ1v) is 3.88. The van der Waals surface area contributed by atoms with Crippen LogP contribution in [0.4, 0.5) is 13.2 Å². The fourth-order valence-corrected chi connectivity index (χ4v) is 1.44. The van der Waals surface area contributed by atoms with E-state index in [-0.39, 0.29) is 12.8 Å². The third-order valence-electron chi connectivity index (χ3n) is 2.30. The van der Waals surface area contributed by atoms with Gasteiger partial charge < -0.3 is 0 Å². The van der Waals surface area contributed by atoms with Gasteiger partial charge in [0.25, 0.3) is 0 Å². The maximum absolute atomic E-state index is 12.1. The highest BCUT2D eigenvalue weighted by molar-refractivity contribution is 4.74. The summed E-state index contributed by atoms with van der Waals surface area (Å²) >= 11 is 0. The van der Waals surface area contributed by atoms with Crippen molar-refractivity contribution >= 4 is 0 Å². The summed E-state index contributed by atoms with van der Waals surface area (Å²) in [6.45, 7) is 1.71. The number of hydrogen-bond acceptors (Lipinski definition) is 0. The van der Waals surface area contributed by atoms with Crippen LogP contribution in [0.2, 0.25) is 0 Å². The van der Waals surface area contributed by atoms with E-state index in [9.17, 15) is 13.2 Å². The monoisotopic (exact) mass is 167 g/mol. The number of hydrogen-bond donors (Lipinski definition) is 0. The van der Waals surface area contributed by atoms with Crippen molar-refractivity contribution in [2.75, 3.05) is 0 Å². The molecule has 0 radical (unpaired) electrons. The minimum Gasteiger partial charge on any atom is -0.171 e. The standard InChI is InChI=1S/C8H13F3/c1-6-2-4-7(5-3-6)8(9,10)11/h6-7H,2-5H2,1H3/i6D. The maximum Gasteiger partial charge on any atom is 0.391 e. The van der Waals surface area contributed by atoms with Crippen LogP contribution in [0, 0.1) is 11.8 Å². The molecular weight excluding hydrogens is 153 g/mol. The van der Waals surface area contributed by atoms with Crippen molar-refractivity contribution in [1.29, 1.82) is 0 Å². The van der Waals surface area contributed by atoms with Gasteiger partial charge in [0.05, 0.1) is 5.92 Å². The van der Waals surface area contributed by atoms with Crippen molar-refractivity contribution in [3.63, 3.8) is 0 Å². The fraction of sp³-hybridized carbons (Fsp3) is 1.00. The van der Waals surface area contributed by atoms with Gasteiger partial charge in [-0.25, -0.2) is 0 Å². The van der Waals surface area contributed by atoms with Crippen LogP contribution in [-0.4, -0.2) is 6.18 Å². The van der Waals surface area contributed by atoms with Gasteiger partial charge in [-0.15, -0.1) is 0 Å². The van der Waals surface area contributed by atoms with Crippen molar-refractivity contribution in [3.8, 4) is 0 Å². The van der Waals surface area contributed by atoms with Crippen molar-refractivity contribution < 1.29 is 14.5 Å². The molecule has 0 amide bonds. The van der Waals surface area contributed by atoms with Crippen LogP contribution in [0.3, 0.4) is 0 Å². The van der Waals surface area contributed by atoms with Crippen LogP contribution < -0.4 is 0 Å². The van der Waals surface area contributed by atoms with Gasteiger partial charge in [-0.2, -0.15) is 13.2 Å². The quantitative estimate of drug-likeness (QED) is 0.518. The molecule has 0 bridgehead atoms. The highest BCUT2D eigenvalue weighted by atomic mass is 19.4. The summed E-state index contributed by atoms with van der Waals surface area (Å²) in [5.41, 5.74) is 0. The molecule has 0 atom stereocenters. The predicted octanol–water partition coefficient (Wildman–Crippen LogP) is 3.38. The Morgan fingerprint density at radius 3 is 2.00 bits per heavy atom. The Bertz CT molecular complexity index is 152.